The highest BCUT2D eigenvalue weighted by Crippen LogP contribution is 2.33. The van der Waals surface area contributed by atoms with Gasteiger partial charge in [0, 0.05) is 22.5 Å². The highest BCUT2D eigenvalue weighted by Gasteiger charge is 2.33. The first-order valence-electron chi connectivity index (χ1n) is 9.17. The van der Waals surface area contributed by atoms with Gasteiger partial charge < -0.3 is 5.32 Å². The third kappa shape index (κ3) is 4.01. The minimum absolute atomic E-state index is 0.0565. The molecule has 0 bridgehead atoms. The number of H-pyrrole nitrogens is 1. The fourth-order valence-corrected chi connectivity index (χ4v) is 4.47. The molecule has 7 nitrogen and oxygen atoms in total. The Morgan fingerprint density at radius 3 is 2.79 bits per heavy atom. The lowest BCUT2D eigenvalue weighted by Gasteiger charge is -2.19. The van der Waals surface area contributed by atoms with Gasteiger partial charge in [-0.3, -0.25) is 14.3 Å². The van der Waals surface area contributed by atoms with Gasteiger partial charge in [0.1, 0.15) is 5.03 Å². The number of carbonyl (C=O) groups is 1. The molecule has 1 fully saturated rings. The van der Waals surface area contributed by atoms with Crippen LogP contribution in [0.3, 0.4) is 0 Å². The van der Waals surface area contributed by atoms with Crippen LogP contribution in [0.4, 0.5) is 0 Å². The molecule has 0 spiro atoms. The Labute approximate surface area is 165 Å². The molecule has 2 N–H and O–H groups in total. The number of hydrogen-bond acceptors (Lipinski definition) is 6. The van der Waals surface area contributed by atoms with Gasteiger partial charge in [-0.15, -0.1) is 0 Å². The van der Waals surface area contributed by atoms with Crippen molar-refractivity contribution in [2.24, 2.45) is 0 Å². The van der Waals surface area contributed by atoms with Gasteiger partial charge >= 0.3 is 5.76 Å². The molecule has 1 aliphatic carbocycles. The lowest BCUT2D eigenvalue weighted by Crippen LogP contribution is -2.37. The summed E-state index contributed by atoms with van der Waals surface area (Å²) in [6.45, 7) is 1.91. The van der Waals surface area contributed by atoms with Gasteiger partial charge in [0.05, 0.1) is 5.56 Å². The third-order valence-corrected chi connectivity index (χ3v) is 5.85. The van der Waals surface area contributed by atoms with Crippen molar-refractivity contribution in [2.45, 2.75) is 48.1 Å². The summed E-state index contributed by atoms with van der Waals surface area (Å²) in [4.78, 5) is 32.5. The van der Waals surface area contributed by atoms with Crippen LogP contribution in [-0.2, 0) is 0 Å². The second kappa shape index (κ2) is 8.02. The Hall–Kier alpha value is -2.87. The maximum absolute atomic E-state index is 13.0. The molecule has 1 saturated carbocycles. The molecule has 8 heteroatoms. The molecular formula is C20H20N4O3S. The predicted molar refractivity (Wildman–Crippen MR) is 105 cm³/mol. The second-order valence-corrected chi connectivity index (χ2v) is 7.88. The summed E-state index contributed by atoms with van der Waals surface area (Å²) < 4.78 is 4.63. The zero-order valence-electron chi connectivity index (χ0n) is 15.3. The molecule has 0 aliphatic heterocycles. The molecular weight excluding hydrogens is 376 g/mol. The molecule has 28 heavy (non-hydrogen) atoms. The predicted octanol–water partition coefficient (Wildman–Crippen LogP) is 3.28. The number of hydrogen-bond donors (Lipinski definition) is 2. The first-order chi connectivity index (χ1) is 13.6. The fraction of sp³-hybridized carbons (Fsp3) is 0.300. The monoisotopic (exact) mass is 396 g/mol. The number of pyridine rings is 1. The van der Waals surface area contributed by atoms with Gasteiger partial charge in [-0.05, 0) is 44.0 Å². The maximum atomic E-state index is 13.0. The zero-order chi connectivity index (χ0) is 19.5. The van der Waals surface area contributed by atoms with Crippen molar-refractivity contribution in [2.75, 3.05) is 0 Å². The van der Waals surface area contributed by atoms with Crippen LogP contribution < -0.4 is 11.1 Å². The van der Waals surface area contributed by atoms with Crippen molar-refractivity contribution in [3.63, 3.8) is 0 Å². The number of nitrogens with zero attached hydrogens (tertiary/aromatic N) is 2. The molecule has 144 valence electrons. The van der Waals surface area contributed by atoms with Crippen LogP contribution in [0.15, 0.2) is 61.7 Å². The zero-order valence-corrected chi connectivity index (χ0v) is 16.2. The molecule has 1 aliphatic rings. The van der Waals surface area contributed by atoms with Crippen LogP contribution in [0.5, 0.6) is 0 Å². The molecule has 2 aromatic heterocycles. The SMILES string of the molecule is Cc1ccc(C(=O)NC2CCCC2c2noc(=O)[nH]2)c(Sc2ccccc2)n1. The lowest BCUT2D eigenvalue weighted by atomic mass is 10.0. The number of aromatic nitrogens is 3. The first-order valence-corrected chi connectivity index (χ1v) is 9.99. The second-order valence-electron chi connectivity index (χ2n) is 6.82. The summed E-state index contributed by atoms with van der Waals surface area (Å²) in [6.07, 6.45) is 2.61. The van der Waals surface area contributed by atoms with Crippen molar-refractivity contribution >= 4 is 17.7 Å². The van der Waals surface area contributed by atoms with Crippen LogP contribution in [-0.4, -0.2) is 27.1 Å². The molecule has 2 unspecified atom stereocenters. The Bertz CT molecular complexity index is 1030. The van der Waals surface area contributed by atoms with Gasteiger partial charge in [-0.25, -0.2) is 9.78 Å². The van der Waals surface area contributed by atoms with E-state index in [-0.39, 0.29) is 17.9 Å². The molecule has 0 saturated heterocycles. The smallest absolute Gasteiger partial charge is 0.348 e. The summed E-state index contributed by atoms with van der Waals surface area (Å²) in [7, 11) is 0. The van der Waals surface area contributed by atoms with Crippen molar-refractivity contribution < 1.29 is 9.32 Å². The number of amides is 1. The minimum Gasteiger partial charge on any atom is -0.348 e. The van der Waals surface area contributed by atoms with Crippen molar-refractivity contribution in [1.29, 1.82) is 0 Å². The Morgan fingerprint density at radius 2 is 2.04 bits per heavy atom. The van der Waals surface area contributed by atoms with Gasteiger partial charge in [0.15, 0.2) is 5.82 Å². The Kier molecular flexibility index (Phi) is 5.29. The molecule has 1 aromatic carbocycles. The van der Waals surface area contributed by atoms with Gasteiger partial charge in [-0.2, -0.15) is 0 Å². The van der Waals surface area contributed by atoms with E-state index in [9.17, 15) is 9.59 Å². The lowest BCUT2D eigenvalue weighted by molar-refractivity contribution is 0.0930. The van der Waals surface area contributed by atoms with E-state index in [0.29, 0.717) is 16.4 Å². The van der Waals surface area contributed by atoms with E-state index in [2.05, 4.69) is 25.0 Å². The van der Waals surface area contributed by atoms with E-state index in [1.54, 1.807) is 0 Å². The van der Waals surface area contributed by atoms with Crippen molar-refractivity contribution in [3.8, 4) is 0 Å². The van der Waals surface area contributed by atoms with Gasteiger partial charge in [-0.1, -0.05) is 41.5 Å². The molecule has 3 aromatic rings. The minimum atomic E-state index is -0.573. The van der Waals surface area contributed by atoms with Crippen LogP contribution in [0.1, 0.15) is 47.1 Å². The highest BCUT2D eigenvalue weighted by molar-refractivity contribution is 7.99. The van der Waals surface area contributed by atoms with Crippen molar-refractivity contribution in [1.82, 2.24) is 20.4 Å². The van der Waals surface area contributed by atoms with Crippen molar-refractivity contribution in [3.05, 3.63) is 70.1 Å². The molecule has 2 atom stereocenters. The van der Waals surface area contributed by atoms with Crippen LogP contribution >= 0.6 is 11.8 Å². The molecule has 4 rings (SSSR count). The standard InChI is InChI=1S/C20H20N4O3S/c1-12-10-11-15(19(21-12)28-13-6-3-2-4-7-13)18(25)22-16-9-5-8-14(16)17-23-20(26)27-24-17/h2-4,6-7,10-11,14,16H,5,8-9H2,1H3,(H,22,25)(H,23,24,26). The van der Waals surface area contributed by atoms with E-state index < -0.39 is 5.76 Å². The summed E-state index contributed by atoms with van der Waals surface area (Å²) in [5.74, 6) is -0.308. The number of aryl methyl sites for hydroxylation is 1. The molecule has 1 amide bonds. The van der Waals surface area contributed by atoms with Gasteiger partial charge in [0.25, 0.3) is 5.91 Å². The van der Waals surface area contributed by atoms with E-state index in [1.165, 1.54) is 11.8 Å². The Morgan fingerprint density at radius 1 is 1.21 bits per heavy atom. The number of aromatic amines is 1. The van der Waals surface area contributed by atoms with Crippen LogP contribution in [0.2, 0.25) is 0 Å². The van der Waals surface area contributed by atoms with E-state index in [4.69, 9.17) is 0 Å². The number of nitrogens with one attached hydrogen (secondary N) is 2. The topological polar surface area (TPSA) is 101 Å². The van der Waals surface area contributed by atoms with E-state index >= 15 is 0 Å². The summed E-state index contributed by atoms with van der Waals surface area (Å²) in [5, 5.41) is 7.58. The number of carbonyl (C=O) groups excluding carboxylic acids is 1. The quantitative estimate of drug-likeness (QED) is 0.686. The normalized spacial score (nSPS) is 18.9. The average molecular weight is 396 g/mol. The summed E-state index contributed by atoms with van der Waals surface area (Å²) >= 11 is 1.47. The average Bonchev–Trinajstić information content (AvgIpc) is 3.31. The first kappa shape index (κ1) is 18.5. The summed E-state index contributed by atoms with van der Waals surface area (Å²) in [5.41, 5.74) is 1.40. The third-order valence-electron chi connectivity index (χ3n) is 4.84. The number of rotatable bonds is 5. The highest BCUT2D eigenvalue weighted by atomic mass is 32.2. The maximum Gasteiger partial charge on any atom is 0.438 e. The summed E-state index contributed by atoms with van der Waals surface area (Å²) in [6, 6.07) is 13.4. The molecule has 0 radical (unpaired) electrons. The Balaban J connectivity index is 1.55. The largest absolute Gasteiger partial charge is 0.438 e. The van der Waals surface area contributed by atoms with Crippen LogP contribution in [0, 0.1) is 6.92 Å². The molecule has 2 heterocycles. The fourth-order valence-electron chi connectivity index (χ4n) is 3.49. The van der Waals surface area contributed by atoms with Crippen LogP contribution in [0.25, 0.3) is 0 Å². The number of benzene rings is 1. The van der Waals surface area contributed by atoms with Gasteiger partial charge in [0.2, 0.25) is 0 Å². The van der Waals surface area contributed by atoms with E-state index in [0.717, 1.165) is 29.9 Å². The van der Waals surface area contributed by atoms with E-state index in [1.807, 2.05) is 49.4 Å².